The summed E-state index contributed by atoms with van der Waals surface area (Å²) in [6.07, 6.45) is 5.09. The third-order valence-corrected chi connectivity index (χ3v) is 4.47. The first kappa shape index (κ1) is 14.9. The Morgan fingerprint density at radius 1 is 1.29 bits per heavy atom. The summed E-state index contributed by atoms with van der Waals surface area (Å²) in [4.78, 5) is 16.9. The highest BCUT2D eigenvalue weighted by molar-refractivity contribution is 6.31. The molecule has 116 valence electrons. The zero-order valence-corrected chi connectivity index (χ0v) is 12.9. The topological polar surface area (TPSA) is 48.7 Å². The summed E-state index contributed by atoms with van der Waals surface area (Å²) in [5.41, 5.74) is 0.720. The molecule has 0 bridgehead atoms. The number of hydrogen-bond donors (Lipinski definition) is 1. The van der Waals surface area contributed by atoms with Crippen LogP contribution >= 0.6 is 11.6 Å². The molecule has 1 aromatic rings. The molecule has 1 saturated carbocycles. The van der Waals surface area contributed by atoms with Crippen molar-refractivity contribution in [3.8, 4) is 0 Å². The van der Waals surface area contributed by atoms with Gasteiger partial charge in [-0.2, -0.15) is 0 Å². The highest BCUT2D eigenvalue weighted by atomic mass is 35.5. The third-order valence-electron chi connectivity index (χ3n) is 4.27. The van der Waals surface area contributed by atoms with Crippen LogP contribution < -0.4 is 0 Å². The largest absolute Gasteiger partial charge is 0.395 e. The molecule has 1 aliphatic heterocycles. The Bertz CT molecular complexity index is 513. The second-order valence-electron chi connectivity index (χ2n) is 5.89. The molecule has 0 aromatic carbocycles. The number of β-amino-alcohol motifs (C(OH)–C–C–N with tert-alkyl or cyclic N) is 1. The second-order valence-corrected chi connectivity index (χ2v) is 6.33. The molecule has 2 fully saturated rings. The minimum absolute atomic E-state index is 0.0830. The van der Waals surface area contributed by atoms with Crippen molar-refractivity contribution in [1.82, 2.24) is 14.4 Å². The number of halogens is 1. The predicted molar refractivity (Wildman–Crippen MR) is 81.8 cm³/mol. The standard InChI is InChI=1S/C15H22ClN3O2/c16-12-10-14(19(11-12)13-2-3-13)15(21)18-5-1-4-17(6-7-18)8-9-20/h10-11,13,20H,1-9H2. The number of aliphatic hydroxyl groups excluding tert-OH is 1. The van der Waals surface area contributed by atoms with Gasteiger partial charge in [0.15, 0.2) is 0 Å². The lowest BCUT2D eigenvalue weighted by Crippen LogP contribution is -2.36. The van der Waals surface area contributed by atoms with E-state index in [-0.39, 0.29) is 12.5 Å². The minimum atomic E-state index is 0.0830. The molecule has 1 aliphatic carbocycles. The maximum atomic E-state index is 12.8. The van der Waals surface area contributed by atoms with E-state index in [0.717, 1.165) is 44.6 Å². The Hall–Kier alpha value is -1.04. The van der Waals surface area contributed by atoms with Crippen LogP contribution in [0.4, 0.5) is 0 Å². The minimum Gasteiger partial charge on any atom is -0.395 e. The van der Waals surface area contributed by atoms with Crippen molar-refractivity contribution in [3.05, 3.63) is 23.0 Å². The smallest absolute Gasteiger partial charge is 0.270 e. The molecule has 6 heteroatoms. The van der Waals surface area contributed by atoms with Crippen LogP contribution in [-0.2, 0) is 0 Å². The lowest BCUT2D eigenvalue weighted by Gasteiger charge is -2.22. The summed E-state index contributed by atoms with van der Waals surface area (Å²) in [7, 11) is 0. The molecule has 1 aromatic heterocycles. The van der Waals surface area contributed by atoms with Gasteiger partial charge in [0, 0.05) is 38.4 Å². The zero-order chi connectivity index (χ0) is 14.8. The van der Waals surface area contributed by atoms with Gasteiger partial charge in [-0.25, -0.2) is 0 Å². The van der Waals surface area contributed by atoms with Gasteiger partial charge < -0.3 is 14.6 Å². The maximum Gasteiger partial charge on any atom is 0.270 e. The van der Waals surface area contributed by atoms with E-state index in [9.17, 15) is 4.79 Å². The summed E-state index contributed by atoms with van der Waals surface area (Å²) in [5, 5.41) is 9.67. The first-order chi connectivity index (χ1) is 10.2. The Kier molecular flexibility index (Phi) is 4.52. The summed E-state index contributed by atoms with van der Waals surface area (Å²) in [6.45, 7) is 4.11. The summed E-state index contributed by atoms with van der Waals surface area (Å²) >= 11 is 6.09. The number of rotatable bonds is 4. The molecular weight excluding hydrogens is 290 g/mol. The molecule has 0 atom stereocenters. The Labute approximate surface area is 130 Å². The number of aliphatic hydroxyl groups is 1. The van der Waals surface area contributed by atoms with Crippen LogP contribution in [0.5, 0.6) is 0 Å². The van der Waals surface area contributed by atoms with Crippen LogP contribution in [-0.4, -0.2) is 64.7 Å². The number of carbonyl (C=O) groups excluding carboxylic acids is 1. The van der Waals surface area contributed by atoms with Crippen molar-refractivity contribution in [2.24, 2.45) is 0 Å². The van der Waals surface area contributed by atoms with Crippen LogP contribution in [0, 0.1) is 0 Å². The SMILES string of the molecule is O=C(c1cc(Cl)cn1C1CC1)N1CCCN(CCO)CC1. The van der Waals surface area contributed by atoms with Crippen molar-refractivity contribution >= 4 is 17.5 Å². The molecule has 0 radical (unpaired) electrons. The number of carbonyl (C=O) groups is 1. The van der Waals surface area contributed by atoms with Gasteiger partial charge in [0.2, 0.25) is 0 Å². The van der Waals surface area contributed by atoms with E-state index in [1.165, 1.54) is 0 Å². The molecular formula is C15H22ClN3O2. The van der Waals surface area contributed by atoms with Crippen LogP contribution in [0.1, 0.15) is 35.8 Å². The average molecular weight is 312 g/mol. The summed E-state index contributed by atoms with van der Waals surface area (Å²) < 4.78 is 2.04. The van der Waals surface area contributed by atoms with E-state index in [1.807, 2.05) is 15.7 Å². The third kappa shape index (κ3) is 3.42. The molecule has 2 aliphatic rings. The van der Waals surface area contributed by atoms with E-state index in [0.29, 0.717) is 24.2 Å². The van der Waals surface area contributed by atoms with Crippen molar-refractivity contribution in [3.63, 3.8) is 0 Å². The number of amides is 1. The first-order valence-electron chi connectivity index (χ1n) is 7.69. The zero-order valence-electron chi connectivity index (χ0n) is 12.2. The molecule has 3 rings (SSSR count). The number of hydrogen-bond acceptors (Lipinski definition) is 3. The summed E-state index contributed by atoms with van der Waals surface area (Å²) in [6, 6.07) is 2.24. The molecule has 1 N–H and O–H groups in total. The van der Waals surface area contributed by atoms with Gasteiger partial charge in [0.25, 0.3) is 5.91 Å². The van der Waals surface area contributed by atoms with Crippen LogP contribution in [0.3, 0.4) is 0 Å². The van der Waals surface area contributed by atoms with E-state index in [2.05, 4.69) is 4.90 Å². The maximum absolute atomic E-state index is 12.8. The van der Waals surface area contributed by atoms with Gasteiger partial charge in [-0.3, -0.25) is 9.69 Å². The Balaban J connectivity index is 1.70. The highest BCUT2D eigenvalue weighted by Crippen LogP contribution is 2.37. The fourth-order valence-corrected chi connectivity index (χ4v) is 3.18. The number of nitrogens with zero attached hydrogens (tertiary/aromatic N) is 3. The first-order valence-corrected chi connectivity index (χ1v) is 8.06. The Morgan fingerprint density at radius 3 is 2.81 bits per heavy atom. The van der Waals surface area contributed by atoms with Gasteiger partial charge in [0.1, 0.15) is 5.69 Å². The van der Waals surface area contributed by atoms with E-state index in [1.54, 1.807) is 6.07 Å². The fourth-order valence-electron chi connectivity index (χ4n) is 2.97. The van der Waals surface area contributed by atoms with E-state index < -0.39 is 0 Å². The average Bonchev–Trinajstić information content (AvgIpc) is 3.26. The second kappa shape index (κ2) is 6.38. The lowest BCUT2D eigenvalue weighted by atomic mass is 10.3. The molecule has 0 spiro atoms. The van der Waals surface area contributed by atoms with Crippen molar-refractivity contribution < 1.29 is 9.90 Å². The summed E-state index contributed by atoms with van der Waals surface area (Å²) in [5.74, 6) is 0.0830. The van der Waals surface area contributed by atoms with Crippen molar-refractivity contribution in [2.45, 2.75) is 25.3 Å². The van der Waals surface area contributed by atoms with Crippen LogP contribution in [0.2, 0.25) is 5.02 Å². The highest BCUT2D eigenvalue weighted by Gasteiger charge is 2.30. The van der Waals surface area contributed by atoms with Gasteiger partial charge in [-0.15, -0.1) is 0 Å². The van der Waals surface area contributed by atoms with E-state index in [4.69, 9.17) is 16.7 Å². The van der Waals surface area contributed by atoms with Crippen LogP contribution in [0.15, 0.2) is 12.3 Å². The molecule has 1 amide bonds. The predicted octanol–water partition coefficient (Wildman–Crippen LogP) is 1.62. The number of aromatic nitrogens is 1. The monoisotopic (exact) mass is 311 g/mol. The van der Waals surface area contributed by atoms with Crippen molar-refractivity contribution in [1.29, 1.82) is 0 Å². The van der Waals surface area contributed by atoms with Crippen LogP contribution in [0.25, 0.3) is 0 Å². The Morgan fingerprint density at radius 2 is 2.10 bits per heavy atom. The van der Waals surface area contributed by atoms with Gasteiger partial charge in [0.05, 0.1) is 11.6 Å². The lowest BCUT2D eigenvalue weighted by molar-refractivity contribution is 0.0749. The molecule has 2 heterocycles. The quantitative estimate of drug-likeness (QED) is 0.919. The van der Waals surface area contributed by atoms with Crippen molar-refractivity contribution in [2.75, 3.05) is 39.3 Å². The molecule has 5 nitrogen and oxygen atoms in total. The van der Waals surface area contributed by atoms with Gasteiger partial charge in [-0.05, 0) is 31.9 Å². The van der Waals surface area contributed by atoms with E-state index >= 15 is 0 Å². The normalized spacial score (nSPS) is 20.6. The van der Waals surface area contributed by atoms with Gasteiger partial charge >= 0.3 is 0 Å². The fraction of sp³-hybridized carbons (Fsp3) is 0.667. The molecule has 21 heavy (non-hydrogen) atoms. The molecule has 0 unspecified atom stereocenters. The van der Waals surface area contributed by atoms with Gasteiger partial charge in [-0.1, -0.05) is 11.6 Å². The molecule has 1 saturated heterocycles.